The van der Waals surface area contributed by atoms with E-state index < -0.39 is 0 Å². The van der Waals surface area contributed by atoms with Crippen LogP contribution in [0.4, 0.5) is 0 Å². The molecule has 0 spiro atoms. The monoisotopic (exact) mass is 313 g/mol. The van der Waals surface area contributed by atoms with Crippen LogP contribution in [0.3, 0.4) is 0 Å². The molecule has 4 heteroatoms. The molecule has 0 fully saturated rings. The Hall–Kier alpha value is -0.540. The Balaban J connectivity index is 2.11. The SMILES string of the molecule is CCC(NC(C)c1csc(Cl)c1)c1cccc(Cl)c1. The highest BCUT2D eigenvalue weighted by Crippen LogP contribution is 2.28. The third kappa shape index (κ3) is 3.96. The maximum atomic E-state index is 6.06. The van der Waals surface area contributed by atoms with E-state index in [1.807, 2.05) is 24.3 Å². The van der Waals surface area contributed by atoms with Crippen LogP contribution < -0.4 is 5.32 Å². The van der Waals surface area contributed by atoms with E-state index in [0.717, 1.165) is 15.8 Å². The topological polar surface area (TPSA) is 12.0 Å². The fourth-order valence-corrected chi connectivity index (χ4v) is 3.30. The second-order valence-electron chi connectivity index (χ2n) is 4.59. The van der Waals surface area contributed by atoms with Gasteiger partial charge < -0.3 is 5.32 Å². The van der Waals surface area contributed by atoms with Gasteiger partial charge in [-0.2, -0.15) is 0 Å². The minimum atomic E-state index is 0.271. The first kappa shape index (κ1) is 14.9. The molecular weight excluding hydrogens is 297 g/mol. The average molecular weight is 314 g/mol. The highest BCUT2D eigenvalue weighted by Gasteiger charge is 2.15. The molecule has 19 heavy (non-hydrogen) atoms. The van der Waals surface area contributed by atoms with Crippen molar-refractivity contribution in [1.82, 2.24) is 5.32 Å². The summed E-state index contributed by atoms with van der Waals surface area (Å²) in [5.41, 5.74) is 2.46. The third-order valence-corrected chi connectivity index (χ3v) is 4.54. The Kier molecular flexibility index (Phi) is 5.28. The number of benzene rings is 1. The highest BCUT2D eigenvalue weighted by atomic mass is 35.5. The maximum absolute atomic E-state index is 6.06. The molecule has 0 bridgehead atoms. The second-order valence-corrected chi connectivity index (χ2v) is 6.57. The van der Waals surface area contributed by atoms with Gasteiger partial charge in [-0.1, -0.05) is 42.3 Å². The van der Waals surface area contributed by atoms with Crippen LogP contribution in [0.25, 0.3) is 0 Å². The molecule has 102 valence electrons. The van der Waals surface area contributed by atoms with Gasteiger partial charge in [-0.3, -0.25) is 0 Å². The normalized spacial score (nSPS) is 14.3. The lowest BCUT2D eigenvalue weighted by atomic mass is 10.0. The summed E-state index contributed by atoms with van der Waals surface area (Å²) >= 11 is 13.6. The van der Waals surface area contributed by atoms with Crippen LogP contribution in [0.2, 0.25) is 9.36 Å². The molecule has 0 aliphatic carbocycles. The highest BCUT2D eigenvalue weighted by molar-refractivity contribution is 7.14. The fraction of sp³-hybridized carbons (Fsp3) is 0.333. The van der Waals surface area contributed by atoms with E-state index in [0.29, 0.717) is 6.04 Å². The standard InChI is InChI=1S/C15H17Cl2NS/c1-3-14(11-5-4-6-13(16)7-11)18-10(2)12-8-15(17)19-9-12/h4-10,14,18H,3H2,1-2H3. The molecule has 1 N–H and O–H groups in total. The molecule has 1 aromatic heterocycles. The molecule has 0 amide bonds. The summed E-state index contributed by atoms with van der Waals surface area (Å²) in [6, 6.07) is 10.6. The van der Waals surface area contributed by atoms with Gasteiger partial charge in [0.25, 0.3) is 0 Å². The fourth-order valence-electron chi connectivity index (χ4n) is 2.12. The minimum absolute atomic E-state index is 0.271. The first-order valence-corrected chi connectivity index (χ1v) is 7.99. The van der Waals surface area contributed by atoms with Crippen molar-refractivity contribution in [3.05, 3.63) is 56.2 Å². The Bertz CT molecular complexity index is 538. The van der Waals surface area contributed by atoms with E-state index in [-0.39, 0.29) is 6.04 Å². The first-order chi connectivity index (χ1) is 9.10. The Morgan fingerprint density at radius 3 is 2.58 bits per heavy atom. The van der Waals surface area contributed by atoms with Crippen molar-refractivity contribution < 1.29 is 0 Å². The van der Waals surface area contributed by atoms with Crippen LogP contribution in [-0.4, -0.2) is 0 Å². The zero-order chi connectivity index (χ0) is 13.8. The van der Waals surface area contributed by atoms with Crippen molar-refractivity contribution in [2.75, 3.05) is 0 Å². The van der Waals surface area contributed by atoms with E-state index in [9.17, 15) is 0 Å². The predicted octanol–water partition coefficient (Wildman–Crippen LogP) is 5.86. The van der Waals surface area contributed by atoms with Gasteiger partial charge in [-0.25, -0.2) is 0 Å². The predicted molar refractivity (Wildman–Crippen MR) is 85.4 cm³/mol. The molecule has 1 heterocycles. The van der Waals surface area contributed by atoms with E-state index in [1.165, 1.54) is 11.1 Å². The Labute approximate surface area is 128 Å². The van der Waals surface area contributed by atoms with Crippen molar-refractivity contribution in [1.29, 1.82) is 0 Å². The summed E-state index contributed by atoms with van der Waals surface area (Å²) in [7, 11) is 0. The van der Waals surface area contributed by atoms with Gasteiger partial charge in [0, 0.05) is 17.1 Å². The molecule has 2 rings (SSSR count). The van der Waals surface area contributed by atoms with Crippen molar-refractivity contribution >= 4 is 34.5 Å². The molecule has 2 unspecified atom stereocenters. The average Bonchev–Trinajstić information content (AvgIpc) is 2.82. The van der Waals surface area contributed by atoms with Crippen LogP contribution in [-0.2, 0) is 0 Å². The largest absolute Gasteiger partial charge is 0.303 e. The summed E-state index contributed by atoms with van der Waals surface area (Å²) in [6.07, 6.45) is 1.02. The molecule has 2 aromatic rings. The van der Waals surface area contributed by atoms with Gasteiger partial charge in [0.1, 0.15) is 0 Å². The molecule has 1 nitrogen and oxygen atoms in total. The van der Waals surface area contributed by atoms with Crippen molar-refractivity contribution in [3.63, 3.8) is 0 Å². The number of thiophene rings is 1. The van der Waals surface area contributed by atoms with Crippen molar-refractivity contribution in [3.8, 4) is 0 Å². The van der Waals surface area contributed by atoms with E-state index in [2.05, 4.69) is 30.6 Å². The maximum Gasteiger partial charge on any atom is 0.0931 e. The number of rotatable bonds is 5. The van der Waals surface area contributed by atoms with Crippen LogP contribution in [0.1, 0.15) is 43.5 Å². The molecule has 0 saturated heterocycles. The van der Waals surface area contributed by atoms with Gasteiger partial charge in [0.05, 0.1) is 4.34 Å². The summed E-state index contributed by atoms with van der Waals surface area (Å²) in [6.45, 7) is 4.33. The molecule has 0 aliphatic rings. The van der Waals surface area contributed by atoms with Crippen LogP contribution >= 0.6 is 34.5 Å². The van der Waals surface area contributed by atoms with Gasteiger partial charge >= 0.3 is 0 Å². The van der Waals surface area contributed by atoms with Gasteiger partial charge in [0.15, 0.2) is 0 Å². The Morgan fingerprint density at radius 2 is 2.00 bits per heavy atom. The quantitative estimate of drug-likeness (QED) is 0.729. The number of hydrogen-bond acceptors (Lipinski definition) is 2. The summed E-state index contributed by atoms with van der Waals surface area (Å²) in [5, 5.41) is 6.51. The zero-order valence-electron chi connectivity index (χ0n) is 11.0. The van der Waals surface area contributed by atoms with Crippen LogP contribution in [0, 0.1) is 0 Å². The lowest BCUT2D eigenvalue weighted by Gasteiger charge is -2.22. The van der Waals surface area contributed by atoms with Gasteiger partial charge in [0.2, 0.25) is 0 Å². The number of halogens is 2. The lowest BCUT2D eigenvalue weighted by molar-refractivity contribution is 0.457. The summed E-state index contributed by atoms with van der Waals surface area (Å²) in [5.74, 6) is 0. The van der Waals surface area contributed by atoms with E-state index >= 15 is 0 Å². The summed E-state index contributed by atoms with van der Waals surface area (Å²) in [4.78, 5) is 0. The smallest absolute Gasteiger partial charge is 0.0931 e. The van der Waals surface area contributed by atoms with Crippen molar-refractivity contribution in [2.45, 2.75) is 32.4 Å². The van der Waals surface area contributed by atoms with Crippen molar-refractivity contribution in [2.24, 2.45) is 0 Å². The molecular formula is C15H17Cl2NS. The molecule has 0 saturated carbocycles. The van der Waals surface area contributed by atoms with Gasteiger partial charge in [-0.15, -0.1) is 11.3 Å². The lowest BCUT2D eigenvalue weighted by Crippen LogP contribution is -2.23. The molecule has 0 radical (unpaired) electrons. The Morgan fingerprint density at radius 1 is 1.21 bits per heavy atom. The van der Waals surface area contributed by atoms with Crippen LogP contribution in [0.5, 0.6) is 0 Å². The van der Waals surface area contributed by atoms with Crippen LogP contribution in [0.15, 0.2) is 35.7 Å². The number of nitrogens with one attached hydrogen (secondary N) is 1. The molecule has 1 aromatic carbocycles. The van der Waals surface area contributed by atoms with E-state index in [4.69, 9.17) is 23.2 Å². The van der Waals surface area contributed by atoms with Gasteiger partial charge in [-0.05, 0) is 48.1 Å². The molecule has 0 aliphatic heterocycles. The zero-order valence-corrected chi connectivity index (χ0v) is 13.3. The minimum Gasteiger partial charge on any atom is -0.303 e. The molecule has 2 atom stereocenters. The number of hydrogen-bond donors (Lipinski definition) is 1. The van der Waals surface area contributed by atoms with E-state index in [1.54, 1.807) is 11.3 Å². The third-order valence-electron chi connectivity index (χ3n) is 3.20. The first-order valence-electron chi connectivity index (χ1n) is 6.35. The second kappa shape index (κ2) is 6.76. The summed E-state index contributed by atoms with van der Waals surface area (Å²) < 4.78 is 0.833.